The van der Waals surface area contributed by atoms with Gasteiger partial charge in [0.25, 0.3) is 0 Å². The number of hydrogen-bond acceptors (Lipinski definition) is 5. The Morgan fingerprint density at radius 1 is 1.25 bits per heavy atom. The second-order valence-corrected chi connectivity index (χ2v) is 3.78. The largest absolute Gasteiger partial charge is 0.477 e. The van der Waals surface area contributed by atoms with E-state index in [0.717, 1.165) is 18.1 Å². The molecule has 0 aliphatic carbocycles. The van der Waals surface area contributed by atoms with Crippen molar-refractivity contribution >= 4 is 17.9 Å². The Bertz CT molecular complexity index is 616. The lowest BCUT2D eigenvalue weighted by Gasteiger charge is -2.07. The maximum atomic E-state index is 11.6. The van der Waals surface area contributed by atoms with Gasteiger partial charge in [0, 0.05) is 6.20 Å². The monoisotopic (exact) mass is 273 g/mol. The summed E-state index contributed by atoms with van der Waals surface area (Å²) >= 11 is 0. The molecule has 20 heavy (non-hydrogen) atoms. The zero-order valence-electron chi connectivity index (χ0n) is 10.3. The number of amides is 1. The van der Waals surface area contributed by atoms with Crippen LogP contribution in [-0.4, -0.2) is 27.1 Å². The lowest BCUT2D eigenvalue weighted by molar-refractivity contribution is 0.0697. The quantitative estimate of drug-likeness (QED) is 0.882. The molecule has 7 heteroatoms. The molecule has 0 aliphatic rings. The Morgan fingerprint density at radius 3 is 2.70 bits per heavy atom. The molecule has 0 bridgehead atoms. The van der Waals surface area contributed by atoms with E-state index < -0.39 is 12.1 Å². The van der Waals surface area contributed by atoms with E-state index in [2.05, 4.69) is 15.3 Å². The number of nitrogens with zero attached hydrogens (tertiary/aromatic N) is 2. The number of benzene rings is 1. The molecule has 1 aromatic heterocycles. The fraction of sp³-hybridized carbons (Fsp3) is 0.0769. The van der Waals surface area contributed by atoms with Gasteiger partial charge < -0.3 is 9.84 Å². The SMILES string of the molecule is O=C(Nc1ncncc1C(=O)O)OCc1ccccc1. The van der Waals surface area contributed by atoms with E-state index in [9.17, 15) is 9.59 Å². The molecular weight excluding hydrogens is 262 g/mol. The molecule has 2 N–H and O–H groups in total. The Balaban J connectivity index is 1.97. The zero-order chi connectivity index (χ0) is 14.4. The van der Waals surface area contributed by atoms with E-state index in [4.69, 9.17) is 9.84 Å². The van der Waals surface area contributed by atoms with Crippen LogP contribution in [0.15, 0.2) is 42.9 Å². The third-order valence-electron chi connectivity index (χ3n) is 2.38. The molecule has 0 aliphatic heterocycles. The second-order valence-electron chi connectivity index (χ2n) is 3.78. The van der Waals surface area contributed by atoms with Gasteiger partial charge in [-0.2, -0.15) is 0 Å². The van der Waals surface area contributed by atoms with Crippen LogP contribution in [0.3, 0.4) is 0 Å². The van der Waals surface area contributed by atoms with Crippen molar-refractivity contribution in [3.8, 4) is 0 Å². The highest BCUT2D eigenvalue weighted by molar-refractivity contribution is 5.96. The first-order valence-electron chi connectivity index (χ1n) is 5.68. The fourth-order valence-electron chi connectivity index (χ4n) is 1.44. The molecule has 0 saturated heterocycles. The number of carboxylic acid groups (broad SMARTS) is 1. The Kier molecular flexibility index (Phi) is 4.23. The van der Waals surface area contributed by atoms with Gasteiger partial charge in [-0.3, -0.25) is 5.32 Å². The van der Waals surface area contributed by atoms with Crippen LogP contribution in [0, 0.1) is 0 Å². The number of carbonyl (C=O) groups excluding carboxylic acids is 1. The standard InChI is InChI=1S/C13H11N3O4/c17-12(18)10-6-14-8-15-11(10)16-13(19)20-7-9-4-2-1-3-5-9/h1-6,8H,7H2,(H,17,18)(H,14,15,16,19). The van der Waals surface area contributed by atoms with Gasteiger partial charge in [0.1, 0.15) is 18.5 Å². The van der Waals surface area contributed by atoms with E-state index in [1.54, 1.807) is 12.1 Å². The number of aromatic nitrogens is 2. The van der Waals surface area contributed by atoms with Gasteiger partial charge in [-0.05, 0) is 5.56 Å². The number of ether oxygens (including phenoxy) is 1. The van der Waals surface area contributed by atoms with Crippen LogP contribution in [0.5, 0.6) is 0 Å². The molecular formula is C13H11N3O4. The predicted octanol–water partition coefficient (Wildman–Crippen LogP) is 1.92. The van der Waals surface area contributed by atoms with E-state index in [1.165, 1.54) is 0 Å². The topological polar surface area (TPSA) is 101 Å². The zero-order valence-corrected chi connectivity index (χ0v) is 10.3. The predicted molar refractivity (Wildman–Crippen MR) is 69.2 cm³/mol. The van der Waals surface area contributed by atoms with Gasteiger partial charge in [-0.1, -0.05) is 30.3 Å². The number of aromatic carboxylic acids is 1. The van der Waals surface area contributed by atoms with Crippen LogP contribution in [0.2, 0.25) is 0 Å². The fourth-order valence-corrected chi connectivity index (χ4v) is 1.44. The summed E-state index contributed by atoms with van der Waals surface area (Å²) in [6.45, 7) is 0.0835. The highest BCUT2D eigenvalue weighted by atomic mass is 16.5. The second kappa shape index (κ2) is 6.28. The van der Waals surface area contributed by atoms with E-state index >= 15 is 0 Å². The van der Waals surface area contributed by atoms with Crippen molar-refractivity contribution in [1.29, 1.82) is 0 Å². The molecule has 2 aromatic rings. The van der Waals surface area contributed by atoms with Crippen molar-refractivity contribution in [1.82, 2.24) is 9.97 Å². The molecule has 1 amide bonds. The molecule has 0 spiro atoms. The number of carboxylic acids is 1. The Morgan fingerprint density at radius 2 is 2.00 bits per heavy atom. The van der Waals surface area contributed by atoms with Crippen LogP contribution in [-0.2, 0) is 11.3 Å². The summed E-state index contributed by atoms with van der Waals surface area (Å²) < 4.78 is 4.96. The molecule has 7 nitrogen and oxygen atoms in total. The maximum Gasteiger partial charge on any atom is 0.413 e. The van der Waals surface area contributed by atoms with Crippen molar-refractivity contribution in [3.05, 3.63) is 54.0 Å². The summed E-state index contributed by atoms with van der Waals surface area (Å²) in [5, 5.41) is 11.2. The van der Waals surface area contributed by atoms with Crippen LogP contribution in [0.25, 0.3) is 0 Å². The number of hydrogen-bond donors (Lipinski definition) is 2. The number of anilines is 1. The van der Waals surface area contributed by atoms with Crippen LogP contribution in [0.4, 0.5) is 10.6 Å². The highest BCUT2D eigenvalue weighted by Gasteiger charge is 2.14. The van der Waals surface area contributed by atoms with Crippen molar-refractivity contribution in [2.24, 2.45) is 0 Å². The molecule has 0 fully saturated rings. The van der Waals surface area contributed by atoms with Crippen molar-refractivity contribution < 1.29 is 19.4 Å². The summed E-state index contributed by atoms with van der Waals surface area (Å²) in [5.74, 6) is -1.34. The summed E-state index contributed by atoms with van der Waals surface area (Å²) in [4.78, 5) is 29.8. The number of nitrogens with one attached hydrogen (secondary N) is 1. The first-order chi connectivity index (χ1) is 9.66. The van der Waals surface area contributed by atoms with Crippen LogP contribution in [0.1, 0.15) is 15.9 Å². The smallest absolute Gasteiger partial charge is 0.413 e. The first-order valence-corrected chi connectivity index (χ1v) is 5.68. The van der Waals surface area contributed by atoms with E-state index in [0.29, 0.717) is 0 Å². The summed E-state index contributed by atoms with van der Waals surface area (Å²) in [7, 11) is 0. The Hall–Kier alpha value is -2.96. The molecule has 0 unspecified atom stereocenters. The van der Waals surface area contributed by atoms with Gasteiger partial charge in [0.05, 0.1) is 0 Å². The van der Waals surface area contributed by atoms with Gasteiger partial charge in [-0.15, -0.1) is 0 Å². The number of carbonyl (C=O) groups is 2. The van der Waals surface area contributed by atoms with Crippen LogP contribution >= 0.6 is 0 Å². The molecule has 0 atom stereocenters. The van der Waals surface area contributed by atoms with Gasteiger partial charge in [-0.25, -0.2) is 19.6 Å². The summed E-state index contributed by atoms with van der Waals surface area (Å²) in [6, 6.07) is 9.11. The van der Waals surface area contributed by atoms with E-state index in [-0.39, 0.29) is 18.0 Å². The third-order valence-corrected chi connectivity index (χ3v) is 2.38. The maximum absolute atomic E-state index is 11.6. The van der Waals surface area contributed by atoms with E-state index in [1.807, 2.05) is 18.2 Å². The summed E-state index contributed by atoms with van der Waals surface area (Å²) in [5.41, 5.74) is 0.618. The molecule has 2 rings (SSSR count). The average Bonchev–Trinajstić information content (AvgIpc) is 2.46. The number of rotatable bonds is 4. The molecule has 1 heterocycles. The highest BCUT2D eigenvalue weighted by Crippen LogP contribution is 2.10. The van der Waals surface area contributed by atoms with Gasteiger partial charge in [0.2, 0.25) is 0 Å². The van der Waals surface area contributed by atoms with Gasteiger partial charge >= 0.3 is 12.1 Å². The lowest BCUT2D eigenvalue weighted by atomic mass is 10.2. The Labute approximate surface area is 114 Å². The lowest BCUT2D eigenvalue weighted by Crippen LogP contribution is -2.17. The first kappa shape index (κ1) is 13.5. The minimum absolute atomic E-state index is 0.0835. The molecule has 0 saturated carbocycles. The van der Waals surface area contributed by atoms with Crippen LogP contribution < -0.4 is 5.32 Å². The molecule has 102 valence electrons. The minimum atomic E-state index is -1.23. The third kappa shape index (κ3) is 3.52. The van der Waals surface area contributed by atoms with Crippen molar-refractivity contribution in [2.45, 2.75) is 6.61 Å². The van der Waals surface area contributed by atoms with Crippen molar-refractivity contribution in [2.75, 3.05) is 5.32 Å². The van der Waals surface area contributed by atoms with Gasteiger partial charge in [0.15, 0.2) is 5.82 Å². The summed E-state index contributed by atoms with van der Waals surface area (Å²) in [6.07, 6.45) is 1.46. The average molecular weight is 273 g/mol. The minimum Gasteiger partial charge on any atom is -0.477 e. The normalized spacial score (nSPS) is 9.80. The van der Waals surface area contributed by atoms with Crippen molar-refractivity contribution in [3.63, 3.8) is 0 Å². The molecule has 1 aromatic carbocycles. The molecule has 0 radical (unpaired) electrons.